The van der Waals surface area contributed by atoms with Gasteiger partial charge < -0.3 is 15.9 Å². The van der Waals surface area contributed by atoms with Crippen molar-refractivity contribution in [3.05, 3.63) is 34.9 Å². The van der Waals surface area contributed by atoms with Gasteiger partial charge in [0.1, 0.15) is 0 Å². The molecular formula is C16H27NO2. The molecule has 0 spiro atoms. The van der Waals surface area contributed by atoms with E-state index in [9.17, 15) is 5.11 Å². The molecule has 1 rings (SSSR count). The van der Waals surface area contributed by atoms with Crippen molar-refractivity contribution in [1.82, 2.24) is 0 Å². The first kappa shape index (κ1) is 16.2. The summed E-state index contributed by atoms with van der Waals surface area (Å²) in [5.74, 6) is 0. The summed E-state index contributed by atoms with van der Waals surface area (Å²) in [6.07, 6.45) is 0.552. The predicted molar refractivity (Wildman–Crippen MR) is 79.2 cm³/mol. The van der Waals surface area contributed by atoms with E-state index in [0.717, 1.165) is 17.5 Å². The highest BCUT2D eigenvalue weighted by Crippen LogP contribution is 2.29. The zero-order valence-corrected chi connectivity index (χ0v) is 12.5. The van der Waals surface area contributed by atoms with Crippen molar-refractivity contribution < 1.29 is 10.2 Å². The Bertz CT molecular complexity index is 410. The average Bonchev–Trinajstić information content (AvgIpc) is 2.36. The molecule has 1 aromatic carbocycles. The minimum atomic E-state index is -0.718. The van der Waals surface area contributed by atoms with Gasteiger partial charge in [0.15, 0.2) is 0 Å². The Labute approximate surface area is 116 Å². The lowest BCUT2D eigenvalue weighted by Gasteiger charge is -2.25. The third-order valence-corrected chi connectivity index (χ3v) is 3.58. The van der Waals surface area contributed by atoms with Gasteiger partial charge in [0.05, 0.1) is 6.10 Å². The highest BCUT2D eigenvalue weighted by atomic mass is 16.3. The van der Waals surface area contributed by atoms with Gasteiger partial charge in [0.25, 0.3) is 0 Å². The van der Waals surface area contributed by atoms with Gasteiger partial charge >= 0.3 is 0 Å². The van der Waals surface area contributed by atoms with Gasteiger partial charge in [0.2, 0.25) is 0 Å². The molecule has 3 nitrogen and oxygen atoms in total. The number of aryl methyl sites for hydroxylation is 1. The first-order chi connectivity index (χ1) is 8.81. The molecule has 0 radical (unpaired) electrons. The smallest absolute Gasteiger partial charge is 0.0944 e. The maximum atomic E-state index is 10.4. The van der Waals surface area contributed by atoms with E-state index in [2.05, 4.69) is 45.9 Å². The van der Waals surface area contributed by atoms with Crippen molar-refractivity contribution in [1.29, 1.82) is 0 Å². The van der Waals surface area contributed by atoms with Crippen LogP contribution in [0.5, 0.6) is 0 Å². The summed E-state index contributed by atoms with van der Waals surface area (Å²) in [7, 11) is 0. The van der Waals surface area contributed by atoms with E-state index in [1.807, 2.05) is 0 Å². The van der Waals surface area contributed by atoms with Crippen molar-refractivity contribution in [2.75, 3.05) is 6.61 Å². The summed E-state index contributed by atoms with van der Waals surface area (Å²) >= 11 is 0. The van der Waals surface area contributed by atoms with Crippen LogP contribution in [0.2, 0.25) is 0 Å². The second kappa shape index (κ2) is 6.51. The molecule has 0 amide bonds. The van der Waals surface area contributed by atoms with E-state index in [1.165, 1.54) is 5.56 Å². The fourth-order valence-electron chi connectivity index (χ4n) is 2.20. The van der Waals surface area contributed by atoms with E-state index < -0.39 is 12.1 Å². The van der Waals surface area contributed by atoms with Crippen LogP contribution in [-0.2, 0) is 11.8 Å². The van der Waals surface area contributed by atoms with Crippen molar-refractivity contribution in [3.63, 3.8) is 0 Å². The molecule has 108 valence electrons. The number of hydrogen-bond donors (Lipinski definition) is 3. The Morgan fingerprint density at radius 3 is 2.37 bits per heavy atom. The summed E-state index contributed by atoms with van der Waals surface area (Å²) in [5, 5.41) is 19.3. The second-order valence-corrected chi connectivity index (χ2v) is 6.14. The molecule has 0 aliphatic heterocycles. The lowest BCUT2D eigenvalue weighted by atomic mass is 9.83. The van der Waals surface area contributed by atoms with Crippen LogP contribution in [0.3, 0.4) is 0 Å². The first-order valence-corrected chi connectivity index (χ1v) is 6.99. The topological polar surface area (TPSA) is 66.5 Å². The third kappa shape index (κ3) is 4.03. The summed E-state index contributed by atoms with van der Waals surface area (Å²) in [6, 6.07) is 5.82. The lowest BCUT2D eigenvalue weighted by molar-refractivity contribution is 0.128. The molecule has 2 atom stereocenters. The molecule has 0 bridgehead atoms. The van der Waals surface area contributed by atoms with E-state index in [-0.39, 0.29) is 12.0 Å². The summed E-state index contributed by atoms with van der Waals surface area (Å²) < 4.78 is 0. The van der Waals surface area contributed by atoms with Crippen molar-refractivity contribution in [3.8, 4) is 0 Å². The number of aliphatic hydroxyl groups is 2. The number of rotatable bonds is 5. The molecule has 2 unspecified atom stereocenters. The van der Waals surface area contributed by atoms with Gasteiger partial charge in [-0.15, -0.1) is 0 Å². The third-order valence-electron chi connectivity index (χ3n) is 3.58. The summed E-state index contributed by atoms with van der Waals surface area (Å²) in [5.41, 5.74) is 9.18. The molecule has 0 aliphatic rings. The SMILES string of the molecule is CCc1ccc(C(C)(C)C)cc1C(O)C(N)CCO. The zero-order chi connectivity index (χ0) is 14.6. The lowest BCUT2D eigenvalue weighted by Crippen LogP contribution is -2.30. The Morgan fingerprint density at radius 2 is 1.89 bits per heavy atom. The molecule has 0 saturated carbocycles. The summed E-state index contributed by atoms with van der Waals surface area (Å²) in [6.45, 7) is 8.52. The fraction of sp³-hybridized carbons (Fsp3) is 0.625. The average molecular weight is 265 g/mol. The van der Waals surface area contributed by atoms with Crippen molar-refractivity contribution >= 4 is 0 Å². The van der Waals surface area contributed by atoms with Crippen LogP contribution in [0.15, 0.2) is 18.2 Å². The standard InChI is InChI=1S/C16H27NO2/c1-5-11-6-7-12(16(2,3)4)10-13(11)15(19)14(17)8-9-18/h6-7,10,14-15,18-19H,5,8-9,17H2,1-4H3. The molecule has 19 heavy (non-hydrogen) atoms. The molecule has 0 aromatic heterocycles. The largest absolute Gasteiger partial charge is 0.396 e. The fourth-order valence-corrected chi connectivity index (χ4v) is 2.20. The molecule has 4 N–H and O–H groups in total. The van der Waals surface area contributed by atoms with Gasteiger partial charge in [-0.3, -0.25) is 0 Å². The second-order valence-electron chi connectivity index (χ2n) is 6.14. The first-order valence-electron chi connectivity index (χ1n) is 6.99. The van der Waals surface area contributed by atoms with Crippen LogP contribution < -0.4 is 5.73 Å². The monoisotopic (exact) mass is 265 g/mol. The van der Waals surface area contributed by atoms with Crippen LogP contribution in [-0.4, -0.2) is 22.9 Å². The molecule has 0 heterocycles. The molecular weight excluding hydrogens is 238 g/mol. The number of hydrogen-bond acceptors (Lipinski definition) is 3. The van der Waals surface area contributed by atoms with Gasteiger partial charge in [-0.25, -0.2) is 0 Å². The minimum absolute atomic E-state index is 0.00134. The van der Waals surface area contributed by atoms with E-state index in [4.69, 9.17) is 10.8 Å². The molecule has 1 aromatic rings. The normalized spacial score (nSPS) is 15.3. The number of nitrogens with two attached hydrogens (primary N) is 1. The molecule has 0 saturated heterocycles. The van der Waals surface area contributed by atoms with Gasteiger partial charge in [0, 0.05) is 12.6 Å². The minimum Gasteiger partial charge on any atom is -0.396 e. The number of benzene rings is 1. The quantitative estimate of drug-likeness (QED) is 0.765. The van der Waals surface area contributed by atoms with Gasteiger partial charge in [-0.2, -0.15) is 0 Å². The van der Waals surface area contributed by atoms with E-state index in [0.29, 0.717) is 6.42 Å². The van der Waals surface area contributed by atoms with Crippen LogP contribution in [0.1, 0.15) is 56.9 Å². The van der Waals surface area contributed by atoms with Crippen LogP contribution in [0.4, 0.5) is 0 Å². The van der Waals surface area contributed by atoms with Crippen LogP contribution in [0.25, 0.3) is 0 Å². The van der Waals surface area contributed by atoms with Crippen LogP contribution in [0, 0.1) is 0 Å². The molecule has 0 fully saturated rings. The molecule has 3 heteroatoms. The van der Waals surface area contributed by atoms with Gasteiger partial charge in [-0.05, 0) is 34.9 Å². The van der Waals surface area contributed by atoms with Crippen LogP contribution >= 0.6 is 0 Å². The Hall–Kier alpha value is -0.900. The highest BCUT2D eigenvalue weighted by molar-refractivity contribution is 5.37. The van der Waals surface area contributed by atoms with Gasteiger partial charge in [-0.1, -0.05) is 45.9 Å². The predicted octanol–water partition coefficient (Wildman–Crippen LogP) is 2.29. The van der Waals surface area contributed by atoms with E-state index >= 15 is 0 Å². The Kier molecular flexibility index (Phi) is 5.53. The zero-order valence-electron chi connectivity index (χ0n) is 12.5. The molecule has 0 aliphatic carbocycles. The number of aliphatic hydroxyl groups excluding tert-OH is 2. The Morgan fingerprint density at radius 1 is 1.26 bits per heavy atom. The summed E-state index contributed by atoms with van der Waals surface area (Å²) in [4.78, 5) is 0. The van der Waals surface area contributed by atoms with Crippen molar-refractivity contribution in [2.45, 2.75) is 58.1 Å². The highest BCUT2D eigenvalue weighted by Gasteiger charge is 2.22. The maximum absolute atomic E-state index is 10.4. The van der Waals surface area contributed by atoms with Crippen molar-refractivity contribution in [2.24, 2.45) is 5.73 Å². The Balaban J connectivity index is 3.15. The van der Waals surface area contributed by atoms with E-state index in [1.54, 1.807) is 0 Å². The maximum Gasteiger partial charge on any atom is 0.0944 e.